The Labute approximate surface area is 335 Å². The normalized spacial score (nSPS) is 13.4. The van der Waals surface area contributed by atoms with Gasteiger partial charge in [0.05, 0.1) is 44.2 Å². The van der Waals surface area contributed by atoms with Crippen molar-refractivity contribution in [2.24, 2.45) is 0 Å². The monoisotopic (exact) mass is 834 g/mol. The second-order valence-corrected chi connectivity index (χ2v) is 13.0. The van der Waals surface area contributed by atoms with E-state index in [-0.39, 0.29) is 43.8 Å². The van der Waals surface area contributed by atoms with E-state index in [1.54, 1.807) is 37.7 Å². The fourth-order valence-corrected chi connectivity index (χ4v) is 5.71. The number of halogens is 1. The highest BCUT2D eigenvalue weighted by Gasteiger charge is 2.40. The Morgan fingerprint density at radius 1 is 1.03 bits per heavy atom. The van der Waals surface area contributed by atoms with Gasteiger partial charge in [0, 0.05) is 38.1 Å². The Morgan fingerprint density at radius 3 is 2.36 bits per heavy atom. The van der Waals surface area contributed by atoms with E-state index in [0.29, 0.717) is 60.7 Å². The van der Waals surface area contributed by atoms with Gasteiger partial charge < -0.3 is 50.3 Å². The molecule has 23 heteroatoms. The third-order valence-electron chi connectivity index (χ3n) is 8.30. The van der Waals surface area contributed by atoms with Gasteiger partial charge in [0.25, 0.3) is 11.0 Å². The first kappa shape index (κ1) is 46.0. The molecule has 1 amide bonds. The van der Waals surface area contributed by atoms with Crippen LogP contribution in [0.2, 0.25) is 5.02 Å². The summed E-state index contributed by atoms with van der Waals surface area (Å²) in [4.78, 5) is 90.0. The van der Waals surface area contributed by atoms with Crippen LogP contribution in [-0.2, 0) is 41.8 Å². The summed E-state index contributed by atoms with van der Waals surface area (Å²) in [6, 6.07) is 6.95. The van der Waals surface area contributed by atoms with E-state index in [1.807, 2.05) is 11.0 Å². The molecule has 0 unspecified atom stereocenters. The van der Waals surface area contributed by atoms with Gasteiger partial charge in [-0.05, 0) is 49.4 Å². The Kier molecular flexibility index (Phi) is 18.2. The lowest BCUT2D eigenvalue weighted by atomic mass is 9.96. The number of carbonyl (C=O) groups is 5. The highest BCUT2D eigenvalue weighted by atomic mass is 35.5. The number of benzene rings is 1. The van der Waals surface area contributed by atoms with Crippen molar-refractivity contribution in [1.29, 1.82) is 0 Å². The molecule has 0 saturated carbocycles. The zero-order chi connectivity index (χ0) is 42.7. The molecular formula is C35H43ClN8O14. The standard InChI is InChI=1S/C29H35ClN8O7.C6H8O7/c1-43-24-10-9-20(15-23(24)30)16-33-27-22(28(40)34-18-25-31-11-6-12-32-25)17-35-29(36-27)37-13-5-7-21(37)19-44-26(39)8-3-2-4-14-45-38(41)42;7-3(8)1-6(13,5(11)12)2-4(9)10/h6,9-12,15,17,21H,2-5,7-8,13-14,16,18-19H2,1H3,(H,34,40)(H,33,35,36);13H,1-2H2,(H,7,8)(H,9,10)(H,11,12)/t21-;/m0./s1. The number of unbranched alkanes of at least 4 members (excludes halogenated alkanes) is 2. The van der Waals surface area contributed by atoms with Crippen LogP contribution in [0.4, 0.5) is 11.8 Å². The molecule has 1 saturated heterocycles. The predicted octanol–water partition coefficient (Wildman–Crippen LogP) is 2.50. The van der Waals surface area contributed by atoms with Crippen LogP contribution < -0.4 is 20.3 Å². The molecule has 1 fully saturated rings. The number of carbonyl (C=O) groups excluding carboxylic acids is 2. The van der Waals surface area contributed by atoms with Gasteiger partial charge in [0.15, 0.2) is 5.60 Å². The Bertz CT molecular complexity index is 1870. The van der Waals surface area contributed by atoms with E-state index in [4.69, 9.17) is 46.5 Å². The molecule has 58 heavy (non-hydrogen) atoms. The highest BCUT2D eigenvalue weighted by molar-refractivity contribution is 6.32. The van der Waals surface area contributed by atoms with E-state index in [2.05, 4.69) is 30.4 Å². The Balaban J connectivity index is 0.000000594. The van der Waals surface area contributed by atoms with Crippen molar-refractivity contribution in [1.82, 2.24) is 25.3 Å². The second-order valence-electron chi connectivity index (χ2n) is 12.6. The highest BCUT2D eigenvalue weighted by Crippen LogP contribution is 2.28. The number of methoxy groups -OCH3 is 1. The number of nitrogens with one attached hydrogen (secondary N) is 2. The molecule has 3 heterocycles. The average Bonchev–Trinajstić information content (AvgIpc) is 3.65. The van der Waals surface area contributed by atoms with Crippen molar-refractivity contribution in [2.45, 2.75) is 76.1 Å². The van der Waals surface area contributed by atoms with Crippen LogP contribution in [-0.4, -0.2) is 114 Å². The van der Waals surface area contributed by atoms with E-state index < -0.39 is 47.3 Å². The van der Waals surface area contributed by atoms with Gasteiger partial charge in [-0.1, -0.05) is 24.1 Å². The van der Waals surface area contributed by atoms with E-state index in [9.17, 15) is 34.1 Å². The topological polar surface area (TPSA) is 316 Å². The number of aliphatic hydroxyl groups is 1. The summed E-state index contributed by atoms with van der Waals surface area (Å²) < 4.78 is 10.8. The number of amides is 1. The number of carboxylic acids is 3. The number of nitrogens with zero attached hydrogens (tertiary/aromatic N) is 6. The van der Waals surface area contributed by atoms with Crippen LogP contribution in [0.3, 0.4) is 0 Å². The zero-order valence-corrected chi connectivity index (χ0v) is 32.0. The molecule has 1 atom stereocenters. The minimum atomic E-state index is -2.74. The van der Waals surface area contributed by atoms with Gasteiger partial charge in [0.1, 0.15) is 29.6 Å². The maximum Gasteiger partial charge on any atom is 0.336 e. The third kappa shape index (κ3) is 15.3. The first-order valence-corrected chi connectivity index (χ1v) is 18.1. The number of aliphatic carboxylic acids is 3. The molecule has 2 aromatic heterocycles. The molecule has 3 aromatic rings. The Morgan fingerprint density at radius 2 is 1.74 bits per heavy atom. The maximum absolute atomic E-state index is 13.2. The summed E-state index contributed by atoms with van der Waals surface area (Å²) in [6.07, 6.45) is 5.87. The van der Waals surface area contributed by atoms with E-state index in [1.165, 1.54) is 6.20 Å². The number of rotatable bonds is 22. The Hall–Kier alpha value is -6.42. The minimum absolute atomic E-state index is 0.00562. The molecule has 22 nitrogen and oxygen atoms in total. The summed E-state index contributed by atoms with van der Waals surface area (Å²) in [5.74, 6) is -4.02. The predicted molar refractivity (Wildman–Crippen MR) is 200 cm³/mol. The first-order chi connectivity index (χ1) is 27.6. The van der Waals surface area contributed by atoms with Crippen molar-refractivity contribution < 1.29 is 63.8 Å². The molecule has 0 bridgehead atoms. The summed E-state index contributed by atoms with van der Waals surface area (Å²) in [5.41, 5.74) is -1.65. The van der Waals surface area contributed by atoms with Crippen molar-refractivity contribution in [3.63, 3.8) is 0 Å². The van der Waals surface area contributed by atoms with Crippen molar-refractivity contribution >= 4 is 53.2 Å². The van der Waals surface area contributed by atoms with E-state index in [0.717, 1.165) is 18.4 Å². The molecule has 4 rings (SSSR count). The first-order valence-electron chi connectivity index (χ1n) is 17.7. The van der Waals surface area contributed by atoms with Gasteiger partial charge in [0.2, 0.25) is 5.95 Å². The van der Waals surface area contributed by atoms with Crippen molar-refractivity contribution in [3.05, 3.63) is 74.9 Å². The van der Waals surface area contributed by atoms with Gasteiger partial charge >= 0.3 is 23.9 Å². The third-order valence-corrected chi connectivity index (χ3v) is 8.60. The molecule has 6 N–H and O–H groups in total. The number of esters is 1. The van der Waals surface area contributed by atoms with Crippen LogP contribution in [0.25, 0.3) is 0 Å². The molecular weight excluding hydrogens is 792 g/mol. The smallest absolute Gasteiger partial charge is 0.336 e. The number of ether oxygens (including phenoxy) is 2. The fraction of sp³-hybridized carbons (Fsp3) is 0.457. The molecule has 0 radical (unpaired) electrons. The van der Waals surface area contributed by atoms with Crippen molar-refractivity contribution in [2.75, 3.05) is 37.1 Å². The van der Waals surface area contributed by atoms with Crippen LogP contribution in [0, 0.1) is 10.1 Å². The SMILES string of the molecule is COc1ccc(CNc2nc(N3CCC[C@H]3COC(=O)CCCCCO[N+](=O)[O-])ncc2C(=O)NCc2ncccn2)cc1Cl.O=C(O)CC(O)(CC(=O)O)C(=O)O. The largest absolute Gasteiger partial charge is 0.495 e. The number of hydrogen-bond donors (Lipinski definition) is 6. The fourth-order valence-electron chi connectivity index (χ4n) is 5.43. The minimum Gasteiger partial charge on any atom is -0.495 e. The van der Waals surface area contributed by atoms with E-state index >= 15 is 0 Å². The summed E-state index contributed by atoms with van der Waals surface area (Å²) in [6.45, 7) is 1.27. The molecule has 314 valence electrons. The lowest BCUT2D eigenvalue weighted by Crippen LogP contribution is -2.42. The summed E-state index contributed by atoms with van der Waals surface area (Å²) in [5, 5.41) is 49.7. The molecule has 1 aromatic carbocycles. The quantitative estimate of drug-likeness (QED) is 0.0366. The summed E-state index contributed by atoms with van der Waals surface area (Å²) >= 11 is 6.31. The van der Waals surface area contributed by atoms with Gasteiger partial charge in [-0.3, -0.25) is 19.2 Å². The number of carboxylic acid groups (broad SMARTS) is 3. The van der Waals surface area contributed by atoms with Crippen LogP contribution in [0.1, 0.15) is 73.1 Å². The van der Waals surface area contributed by atoms with Crippen LogP contribution in [0.5, 0.6) is 5.75 Å². The second kappa shape index (κ2) is 23.0. The molecule has 0 spiro atoms. The molecule has 1 aliphatic rings. The molecule has 0 aliphatic carbocycles. The van der Waals surface area contributed by atoms with Crippen molar-refractivity contribution in [3.8, 4) is 5.75 Å². The van der Waals surface area contributed by atoms with Gasteiger partial charge in [-0.2, -0.15) is 4.98 Å². The summed E-state index contributed by atoms with van der Waals surface area (Å²) in [7, 11) is 1.54. The lowest BCUT2D eigenvalue weighted by molar-refractivity contribution is -0.757. The number of hydrogen-bond acceptors (Lipinski definition) is 17. The number of aromatic nitrogens is 4. The lowest BCUT2D eigenvalue weighted by Gasteiger charge is -2.25. The van der Waals surface area contributed by atoms with Crippen LogP contribution in [0.15, 0.2) is 42.9 Å². The average molecular weight is 835 g/mol. The van der Waals surface area contributed by atoms with Crippen LogP contribution >= 0.6 is 11.6 Å². The van der Waals surface area contributed by atoms with Gasteiger partial charge in [-0.25, -0.2) is 19.7 Å². The maximum atomic E-state index is 13.2. The number of anilines is 2. The van der Waals surface area contributed by atoms with Gasteiger partial charge in [-0.15, -0.1) is 10.1 Å². The zero-order valence-electron chi connectivity index (χ0n) is 31.2. The molecule has 1 aliphatic heterocycles.